The largest absolute Gasteiger partial charge is 0.457 e. The van der Waals surface area contributed by atoms with Crippen molar-refractivity contribution in [1.82, 2.24) is 10.3 Å². The van der Waals surface area contributed by atoms with Crippen LogP contribution in [0.5, 0.6) is 0 Å². The van der Waals surface area contributed by atoms with Crippen molar-refractivity contribution >= 4 is 11.8 Å². The molecule has 0 saturated heterocycles. The highest BCUT2D eigenvalue weighted by molar-refractivity contribution is 6.03. The molecule has 9 heteroatoms. The molecule has 2 aliphatic rings. The number of nitrogens with one attached hydrogen (secondary N) is 1. The molecule has 5 nitrogen and oxygen atoms in total. The Bertz CT molecular complexity index is 1170. The summed E-state index contributed by atoms with van der Waals surface area (Å²) in [4.78, 5) is 29.9. The number of esters is 1. The van der Waals surface area contributed by atoms with E-state index in [4.69, 9.17) is 4.74 Å². The quantitative estimate of drug-likeness (QED) is 0.517. The van der Waals surface area contributed by atoms with Crippen LogP contribution < -0.4 is 5.32 Å². The van der Waals surface area contributed by atoms with Crippen LogP contribution in [0.2, 0.25) is 0 Å². The zero-order valence-corrected chi connectivity index (χ0v) is 17.6. The molecule has 1 aliphatic heterocycles. The maximum atomic E-state index is 15.2. The number of carbonyl (C=O) groups is 2. The fourth-order valence-corrected chi connectivity index (χ4v) is 4.27. The highest BCUT2D eigenvalue weighted by Crippen LogP contribution is 2.45. The number of allylic oxidation sites excluding steroid dienone is 3. The molecule has 0 amide bonds. The average molecular weight is 460 g/mol. The number of Topliss-reactive ketones (excluding diaryl/α,β-unsaturated/α-hetero) is 1. The summed E-state index contributed by atoms with van der Waals surface area (Å²) in [7, 11) is 0. The highest BCUT2D eigenvalue weighted by Gasteiger charge is 2.42. The van der Waals surface area contributed by atoms with Crippen molar-refractivity contribution in [3.05, 3.63) is 87.8 Å². The number of ether oxygens (including phenoxy) is 1. The highest BCUT2D eigenvalue weighted by atomic mass is 19.4. The lowest BCUT2D eigenvalue weighted by molar-refractivity contribution is -0.140. The van der Waals surface area contributed by atoms with Gasteiger partial charge in [-0.3, -0.25) is 9.78 Å². The van der Waals surface area contributed by atoms with Gasteiger partial charge < -0.3 is 10.1 Å². The van der Waals surface area contributed by atoms with Crippen molar-refractivity contribution < 1.29 is 31.9 Å². The summed E-state index contributed by atoms with van der Waals surface area (Å²) in [5.41, 5.74) is -0.421. The van der Waals surface area contributed by atoms with E-state index in [0.29, 0.717) is 35.9 Å². The number of pyridine rings is 1. The second-order valence-corrected chi connectivity index (χ2v) is 7.91. The normalized spacial score (nSPS) is 18.7. The molecule has 1 aromatic carbocycles. The second kappa shape index (κ2) is 8.80. The third-order valence-corrected chi connectivity index (χ3v) is 5.73. The predicted molar refractivity (Wildman–Crippen MR) is 110 cm³/mol. The summed E-state index contributed by atoms with van der Waals surface area (Å²) in [6.45, 7) is 1.42. The minimum atomic E-state index is -4.93. The maximum absolute atomic E-state index is 15.2. The van der Waals surface area contributed by atoms with Crippen LogP contribution in [0.3, 0.4) is 0 Å². The third-order valence-electron chi connectivity index (χ3n) is 5.73. The molecule has 2 aromatic rings. The van der Waals surface area contributed by atoms with Gasteiger partial charge in [0, 0.05) is 46.9 Å². The molecule has 1 N–H and O–H groups in total. The van der Waals surface area contributed by atoms with Gasteiger partial charge in [-0.25, -0.2) is 9.18 Å². The summed E-state index contributed by atoms with van der Waals surface area (Å²) in [6.07, 6.45) is -0.694. The van der Waals surface area contributed by atoms with E-state index in [0.717, 1.165) is 6.07 Å². The minimum absolute atomic E-state index is 0.0916. The number of nitrogens with zero attached hydrogens (tertiary/aromatic N) is 1. The number of aromatic nitrogens is 1. The number of benzene rings is 1. The van der Waals surface area contributed by atoms with E-state index in [9.17, 15) is 22.8 Å². The molecule has 0 bridgehead atoms. The molecule has 172 valence electrons. The number of ketones is 1. The molecular formula is C24H20F4N2O3. The van der Waals surface area contributed by atoms with Crippen molar-refractivity contribution in [2.24, 2.45) is 0 Å². The van der Waals surface area contributed by atoms with Gasteiger partial charge in [0.05, 0.1) is 17.1 Å². The first-order chi connectivity index (χ1) is 15.7. The summed E-state index contributed by atoms with van der Waals surface area (Å²) in [6, 6.07) is 6.23. The lowest BCUT2D eigenvalue weighted by Gasteiger charge is -2.34. The molecule has 0 radical (unpaired) electrons. The number of hydrogen-bond acceptors (Lipinski definition) is 5. The van der Waals surface area contributed by atoms with Gasteiger partial charge in [0.2, 0.25) is 0 Å². The first-order valence-electron chi connectivity index (χ1n) is 10.3. The molecule has 1 aliphatic carbocycles. The van der Waals surface area contributed by atoms with E-state index in [2.05, 4.69) is 10.3 Å². The van der Waals surface area contributed by atoms with Crippen LogP contribution in [-0.2, 0) is 27.1 Å². The molecule has 1 aromatic heterocycles. The van der Waals surface area contributed by atoms with Gasteiger partial charge in [0.1, 0.15) is 12.4 Å². The van der Waals surface area contributed by atoms with E-state index in [1.807, 2.05) is 0 Å². The monoisotopic (exact) mass is 460 g/mol. The first kappa shape index (κ1) is 22.7. The minimum Gasteiger partial charge on any atom is -0.457 e. The van der Waals surface area contributed by atoms with E-state index in [-0.39, 0.29) is 35.5 Å². The van der Waals surface area contributed by atoms with Gasteiger partial charge in [-0.1, -0.05) is 18.2 Å². The second-order valence-electron chi connectivity index (χ2n) is 7.91. The lowest BCUT2D eigenvalue weighted by atomic mass is 9.75. The topological polar surface area (TPSA) is 68.3 Å². The summed E-state index contributed by atoms with van der Waals surface area (Å²) < 4.78 is 60.8. The zero-order chi connectivity index (χ0) is 23.8. The molecule has 0 fully saturated rings. The van der Waals surface area contributed by atoms with Crippen LogP contribution in [0.15, 0.2) is 65.3 Å². The van der Waals surface area contributed by atoms with Gasteiger partial charge in [0.25, 0.3) is 0 Å². The number of hydrogen-bond donors (Lipinski definition) is 1. The van der Waals surface area contributed by atoms with Crippen molar-refractivity contribution in [1.29, 1.82) is 0 Å². The van der Waals surface area contributed by atoms with Crippen LogP contribution >= 0.6 is 0 Å². The van der Waals surface area contributed by atoms with Crippen molar-refractivity contribution in [2.45, 2.75) is 44.9 Å². The predicted octanol–water partition coefficient (Wildman–Crippen LogP) is 4.95. The van der Waals surface area contributed by atoms with Crippen LogP contribution in [0, 0.1) is 5.82 Å². The van der Waals surface area contributed by atoms with E-state index in [1.165, 1.54) is 12.3 Å². The fraction of sp³-hybridized carbons (Fsp3) is 0.292. The zero-order valence-electron chi connectivity index (χ0n) is 17.6. The lowest BCUT2D eigenvalue weighted by Crippen LogP contribution is -2.35. The van der Waals surface area contributed by atoms with Gasteiger partial charge in [-0.15, -0.1) is 0 Å². The van der Waals surface area contributed by atoms with E-state index >= 15 is 4.39 Å². The first-order valence-corrected chi connectivity index (χ1v) is 10.3. The molecule has 2 heterocycles. The average Bonchev–Trinajstić information content (AvgIpc) is 2.77. The van der Waals surface area contributed by atoms with E-state index < -0.39 is 29.4 Å². The summed E-state index contributed by atoms with van der Waals surface area (Å²) >= 11 is 0. The van der Waals surface area contributed by atoms with Crippen LogP contribution in [0.1, 0.15) is 48.8 Å². The van der Waals surface area contributed by atoms with Crippen molar-refractivity contribution in [2.75, 3.05) is 0 Å². The Hall–Kier alpha value is -3.49. The Balaban J connectivity index is 1.80. The Morgan fingerprint density at radius 2 is 2.00 bits per heavy atom. The van der Waals surface area contributed by atoms with Gasteiger partial charge in [-0.05, 0) is 31.9 Å². The number of carbonyl (C=O) groups excluding carboxylic acids is 2. The molecular weight excluding hydrogens is 440 g/mol. The van der Waals surface area contributed by atoms with Gasteiger partial charge in [-0.2, -0.15) is 13.2 Å². The molecule has 0 saturated carbocycles. The smallest absolute Gasteiger partial charge is 0.419 e. The SMILES string of the molecule is CC1=C(C(=O)OCc2cccnc2)C(c2cccc(C(F)(F)F)c2F)C2=C(CCCC2=O)N1. The molecule has 0 spiro atoms. The standard InChI is InChI=1S/C24H20F4N2O3/c1-13-19(23(32)33-12-14-5-4-10-29-11-14)20(21-17(30-13)8-3-9-18(21)31)15-6-2-7-16(22(15)25)24(26,27)28/h2,4-7,10-11,20,30H,3,8-9,12H2,1H3. The van der Waals surface area contributed by atoms with Crippen molar-refractivity contribution in [3.63, 3.8) is 0 Å². The van der Waals surface area contributed by atoms with Gasteiger partial charge >= 0.3 is 12.1 Å². The van der Waals surface area contributed by atoms with Crippen LogP contribution in [0.4, 0.5) is 17.6 Å². The Morgan fingerprint density at radius 3 is 2.70 bits per heavy atom. The van der Waals surface area contributed by atoms with Crippen molar-refractivity contribution in [3.8, 4) is 0 Å². The number of dihydropyridines is 1. The van der Waals surface area contributed by atoms with E-state index in [1.54, 1.807) is 25.3 Å². The molecule has 1 unspecified atom stereocenters. The number of halogens is 4. The molecule has 4 rings (SSSR count). The summed E-state index contributed by atoms with van der Waals surface area (Å²) in [5.74, 6) is -4.00. The molecule has 33 heavy (non-hydrogen) atoms. The fourth-order valence-electron chi connectivity index (χ4n) is 4.27. The third kappa shape index (κ3) is 4.40. The Kier molecular flexibility index (Phi) is 6.05. The van der Waals surface area contributed by atoms with Gasteiger partial charge in [0.15, 0.2) is 5.78 Å². The van der Waals surface area contributed by atoms with Crippen LogP contribution in [0.25, 0.3) is 0 Å². The number of rotatable bonds is 4. The van der Waals surface area contributed by atoms with Crippen LogP contribution in [-0.4, -0.2) is 16.7 Å². The molecule has 1 atom stereocenters. The maximum Gasteiger partial charge on any atom is 0.419 e. The Morgan fingerprint density at radius 1 is 1.21 bits per heavy atom. The number of alkyl halides is 3. The summed E-state index contributed by atoms with van der Waals surface area (Å²) in [5, 5.41) is 3.02. The Labute approximate surface area is 187 Å².